The molecule has 0 spiro atoms. The number of hydrogen-bond acceptors (Lipinski definition) is 6. The normalized spacial score (nSPS) is 15.9. The lowest BCUT2D eigenvalue weighted by Gasteiger charge is -2.28. The van der Waals surface area contributed by atoms with E-state index in [9.17, 15) is 29.8 Å². The zero-order valence-corrected chi connectivity index (χ0v) is 15.0. The van der Waals surface area contributed by atoms with Gasteiger partial charge < -0.3 is 16.0 Å². The fourth-order valence-electron chi connectivity index (χ4n) is 2.93. The minimum atomic E-state index is -0.858. The summed E-state index contributed by atoms with van der Waals surface area (Å²) < 4.78 is 0. The maximum absolute atomic E-state index is 12.9. The number of benzene rings is 2. The topological polar surface area (TPSA) is 157 Å². The van der Waals surface area contributed by atoms with Crippen LogP contribution < -0.4 is 16.0 Å². The molecule has 2 aromatic rings. The molecule has 11 nitrogen and oxygen atoms in total. The van der Waals surface area contributed by atoms with Crippen LogP contribution in [0.2, 0.25) is 0 Å². The van der Waals surface area contributed by atoms with Crippen molar-refractivity contribution in [2.45, 2.75) is 13.0 Å². The van der Waals surface area contributed by atoms with Crippen molar-refractivity contribution in [3.63, 3.8) is 0 Å². The number of nitro groups is 2. The van der Waals surface area contributed by atoms with Crippen molar-refractivity contribution in [2.75, 3.05) is 5.32 Å². The van der Waals surface area contributed by atoms with E-state index in [0.29, 0.717) is 11.3 Å². The second kappa shape index (κ2) is 7.76. The van der Waals surface area contributed by atoms with Crippen molar-refractivity contribution >= 4 is 29.0 Å². The number of allylic oxidation sites excluding steroid dienone is 1. The highest BCUT2D eigenvalue weighted by molar-refractivity contribution is 6.06. The van der Waals surface area contributed by atoms with Crippen LogP contribution in [-0.4, -0.2) is 21.8 Å². The molecule has 1 atom stereocenters. The first-order valence-corrected chi connectivity index (χ1v) is 8.34. The van der Waals surface area contributed by atoms with Gasteiger partial charge in [-0.05, 0) is 30.7 Å². The highest BCUT2D eigenvalue weighted by Gasteiger charge is 2.31. The SMILES string of the molecule is CC1=C(C(=O)Nc2cccc([N+](=O)[O-])c2)[C@@H](c2ccc([N+](=O)[O-])cc2)NC(=O)N1. The van der Waals surface area contributed by atoms with Crippen molar-refractivity contribution in [1.82, 2.24) is 10.6 Å². The Hall–Kier alpha value is -4.28. The van der Waals surface area contributed by atoms with Gasteiger partial charge in [0.05, 0.1) is 21.5 Å². The molecule has 0 aromatic heterocycles. The molecule has 0 fully saturated rings. The summed E-state index contributed by atoms with van der Waals surface area (Å²) in [4.78, 5) is 45.4. The van der Waals surface area contributed by atoms with Gasteiger partial charge in [0.15, 0.2) is 0 Å². The van der Waals surface area contributed by atoms with E-state index in [1.54, 1.807) is 6.92 Å². The molecule has 148 valence electrons. The predicted molar refractivity (Wildman–Crippen MR) is 102 cm³/mol. The molecule has 0 aliphatic carbocycles. The van der Waals surface area contributed by atoms with Gasteiger partial charge in [-0.1, -0.05) is 6.07 Å². The molecule has 29 heavy (non-hydrogen) atoms. The van der Waals surface area contributed by atoms with Gasteiger partial charge in [0.1, 0.15) is 0 Å². The van der Waals surface area contributed by atoms with Gasteiger partial charge >= 0.3 is 6.03 Å². The van der Waals surface area contributed by atoms with E-state index >= 15 is 0 Å². The number of non-ortho nitro benzene ring substituents is 2. The summed E-state index contributed by atoms with van der Waals surface area (Å²) in [7, 11) is 0. The summed E-state index contributed by atoms with van der Waals surface area (Å²) >= 11 is 0. The van der Waals surface area contributed by atoms with Gasteiger partial charge in [-0.25, -0.2) is 4.79 Å². The molecular weight excluding hydrogens is 382 g/mol. The molecule has 3 amide bonds. The first kappa shape index (κ1) is 19.5. The van der Waals surface area contributed by atoms with Crippen LogP contribution in [-0.2, 0) is 4.79 Å². The number of rotatable bonds is 5. The Bertz CT molecular complexity index is 1050. The van der Waals surface area contributed by atoms with Gasteiger partial charge in [-0.2, -0.15) is 0 Å². The molecule has 3 rings (SSSR count). The molecule has 2 aromatic carbocycles. The summed E-state index contributed by atoms with van der Waals surface area (Å²) in [5.74, 6) is -0.584. The van der Waals surface area contributed by atoms with Crippen molar-refractivity contribution < 1.29 is 19.4 Å². The molecular formula is C18H15N5O6. The van der Waals surface area contributed by atoms with Crippen LogP contribution in [0.1, 0.15) is 18.5 Å². The summed E-state index contributed by atoms with van der Waals surface area (Å²) in [6.45, 7) is 1.54. The van der Waals surface area contributed by atoms with E-state index in [4.69, 9.17) is 0 Å². The molecule has 1 heterocycles. The third-order valence-electron chi connectivity index (χ3n) is 4.27. The zero-order chi connectivity index (χ0) is 21.1. The Morgan fingerprint density at radius 1 is 1.03 bits per heavy atom. The Labute approximate surface area is 163 Å². The molecule has 1 aliphatic heterocycles. The highest BCUT2D eigenvalue weighted by atomic mass is 16.6. The number of nitrogens with zero attached hydrogens (tertiary/aromatic N) is 2. The average Bonchev–Trinajstić information content (AvgIpc) is 2.67. The van der Waals surface area contributed by atoms with Gasteiger partial charge in [0.2, 0.25) is 0 Å². The van der Waals surface area contributed by atoms with Crippen LogP contribution in [0.3, 0.4) is 0 Å². The van der Waals surface area contributed by atoms with Crippen LogP contribution in [0.15, 0.2) is 59.8 Å². The standard InChI is InChI=1S/C18H15N5O6/c1-10-15(17(24)20-12-3-2-4-14(9-12)23(28)29)16(21-18(25)19-10)11-5-7-13(8-6-11)22(26)27/h2-9,16H,1H3,(H,20,24)(H2,19,21,25)/t16-/m1/s1. The van der Waals surface area contributed by atoms with Crippen LogP contribution in [0.4, 0.5) is 21.9 Å². The van der Waals surface area contributed by atoms with Gasteiger partial charge in [-0.15, -0.1) is 0 Å². The fourth-order valence-corrected chi connectivity index (χ4v) is 2.93. The van der Waals surface area contributed by atoms with Gasteiger partial charge in [0, 0.05) is 35.6 Å². The van der Waals surface area contributed by atoms with Gasteiger partial charge in [-0.3, -0.25) is 25.0 Å². The minimum absolute atomic E-state index is 0.127. The van der Waals surface area contributed by atoms with Crippen molar-refractivity contribution in [3.8, 4) is 0 Å². The Morgan fingerprint density at radius 2 is 1.69 bits per heavy atom. The summed E-state index contributed by atoms with van der Waals surface area (Å²) in [5, 5.41) is 29.5. The van der Waals surface area contributed by atoms with Gasteiger partial charge in [0.25, 0.3) is 17.3 Å². The maximum atomic E-state index is 12.9. The largest absolute Gasteiger partial charge is 0.327 e. The molecule has 11 heteroatoms. The second-order valence-corrected chi connectivity index (χ2v) is 6.18. The third-order valence-corrected chi connectivity index (χ3v) is 4.27. The van der Waals surface area contributed by atoms with Crippen LogP contribution in [0.5, 0.6) is 0 Å². The number of amides is 3. The summed E-state index contributed by atoms with van der Waals surface area (Å²) in [5.41, 5.74) is 0.829. The minimum Gasteiger partial charge on any atom is -0.327 e. The molecule has 0 unspecified atom stereocenters. The summed E-state index contributed by atoms with van der Waals surface area (Å²) in [6.07, 6.45) is 0. The Morgan fingerprint density at radius 3 is 2.31 bits per heavy atom. The first-order valence-electron chi connectivity index (χ1n) is 8.34. The van der Waals surface area contributed by atoms with Crippen molar-refractivity contribution in [3.05, 3.63) is 85.6 Å². The third kappa shape index (κ3) is 4.18. The smallest absolute Gasteiger partial charge is 0.319 e. The molecule has 3 N–H and O–H groups in total. The highest BCUT2D eigenvalue weighted by Crippen LogP contribution is 2.29. The van der Waals surface area contributed by atoms with E-state index in [1.807, 2.05) is 0 Å². The molecule has 0 saturated carbocycles. The van der Waals surface area contributed by atoms with E-state index in [0.717, 1.165) is 0 Å². The van der Waals surface area contributed by atoms with Crippen LogP contribution >= 0.6 is 0 Å². The van der Waals surface area contributed by atoms with E-state index in [2.05, 4.69) is 16.0 Å². The number of nitrogens with one attached hydrogen (secondary N) is 3. The molecule has 1 aliphatic rings. The maximum Gasteiger partial charge on any atom is 0.319 e. The molecule has 0 bridgehead atoms. The molecule has 0 saturated heterocycles. The number of carbonyl (C=O) groups is 2. The summed E-state index contributed by atoms with van der Waals surface area (Å²) in [6, 6.07) is 9.49. The number of anilines is 1. The Kier molecular flexibility index (Phi) is 5.21. The van der Waals surface area contributed by atoms with Crippen LogP contribution in [0.25, 0.3) is 0 Å². The lowest BCUT2D eigenvalue weighted by atomic mass is 9.94. The van der Waals surface area contributed by atoms with Crippen molar-refractivity contribution in [1.29, 1.82) is 0 Å². The fraction of sp³-hybridized carbons (Fsp3) is 0.111. The zero-order valence-electron chi connectivity index (χ0n) is 15.0. The van der Waals surface area contributed by atoms with Crippen LogP contribution in [0, 0.1) is 20.2 Å². The average molecular weight is 397 g/mol. The second-order valence-electron chi connectivity index (χ2n) is 6.18. The lowest BCUT2D eigenvalue weighted by molar-refractivity contribution is -0.385. The number of nitro benzene ring substituents is 2. The monoisotopic (exact) mass is 397 g/mol. The first-order chi connectivity index (χ1) is 13.8. The predicted octanol–water partition coefficient (Wildman–Crippen LogP) is 2.77. The number of hydrogen-bond donors (Lipinski definition) is 3. The van der Waals surface area contributed by atoms with E-state index in [1.165, 1.54) is 48.5 Å². The van der Waals surface area contributed by atoms with E-state index in [-0.39, 0.29) is 22.6 Å². The lowest BCUT2D eigenvalue weighted by Crippen LogP contribution is -2.45. The van der Waals surface area contributed by atoms with E-state index < -0.39 is 27.8 Å². The molecule has 0 radical (unpaired) electrons. The number of carbonyl (C=O) groups excluding carboxylic acids is 2. The van der Waals surface area contributed by atoms with Crippen molar-refractivity contribution in [2.24, 2.45) is 0 Å². The Balaban J connectivity index is 1.93. The number of urea groups is 1. The quantitative estimate of drug-likeness (QED) is 0.520.